The maximum atomic E-state index is 11.9. The van der Waals surface area contributed by atoms with Gasteiger partial charge in [0.2, 0.25) is 5.91 Å². The molecule has 3 N–H and O–H groups in total. The van der Waals surface area contributed by atoms with Crippen molar-refractivity contribution in [3.63, 3.8) is 0 Å². The minimum Gasteiger partial charge on any atom is -0.398 e. The van der Waals surface area contributed by atoms with Crippen LogP contribution < -0.4 is 11.1 Å². The number of carbonyl (C=O) groups is 1. The van der Waals surface area contributed by atoms with E-state index in [1.165, 1.54) is 11.8 Å². The molecule has 0 spiro atoms. The summed E-state index contributed by atoms with van der Waals surface area (Å²) in [6, 6.07) is 14.6. The SMILES string of the molecule is Cc1ccc(N)c(SCC(=O)Nc2cccc(C#N)c2)c1. The maximum absolute atomic E-state index is 11.9. The Morgan fingerprint density at radius 1 is 1.33 bits per heavy atom. The fourth-order valence-corrected chi connectivity index (χ4v) is 2.64. The number of carbonyl (C=O) groups excluding carboxylic acids is 1. The first-order valence-electron chi connectivity index (χ1n) is 6.37. The lowest BCUT2D eigenvalue weighted by Gasteiger charge is -2.08. The van der Waals surface area contributed by atoms with E-state index in [0.29, 0.717) is 16.9 Å². The van der Waals surface area contributed by atoms with Crippen molar-refractivity contribution in [1.82, 2.24) is 0 Å². The molecule has 0 heterocycles. The van der Waals surface area contributed by atoms with Gasteiger partial charge in [0, 0.05) is 16.3 Å². The number of thioether (sulfide) groups is 1. The highest BCUT2D eigenvalue weighted by Gasteiger charge is 2.06. The predicted octanol–water partition coefficient (Wildman–Crippen LogP) is 3.18. The molecule has 106 valence electrons. The Kier molecular flexibility index (Phi) is 4.85. The molecule has 0 bridgehead atoms. The van der Waals surface area contributed by atoms with E-state index in [9.17, 15) is 4.79 Å². The van der Waals surface area contributed by atoms with Gasteiger partial charge in [0.25, 0.3) is 0 Å². The molecule has 0 aliphatic carbocycles. The van der Waals surface area contributed by atoms with E-state index >= 15 is 0 Å². The maximum Gasteiger partial charge on any atom is 0.234 e. The van der Waals surface area contributed by atoms with Gasteiger partial charge in [-0.2, -0.15) is 5.26 Å². The third-order valence-electron chi connectivity index (χ3n) is 2.80. The fourth-order valence-electron chi connectivity index (χ4n) is 1.77. The molecule has 0 saturated carbocycles. The summed E-state index contributed by atoms with van der Waals surface area (Å²) in [5, 5.41) is 11.6. The van der Waals surface area contributed by atoms with Gasteiger partial charge in [0.05, 0.1) is 17.4 Å². The number of nitrogens with one attached hydrogen (secondary N) is 1. The average molecular weight is 297 g/mol. The molecule has 0 radical (unpaired) electrons. The van der Waals surface area contributed by atoms with E-state index in [1.807, 2.05) is 31.2 Å². The van der Waals surface area contributed by atoms with Crippen LogP contribution in [0.5, 0.6) is 0 Å². The molecule has 0 fully saturated rings. The second-order valence-corrected chi connectivity index (χ2v) is 5.59. The van der Waals surface area contributed by atoms with Crippen molar-refractivity contribution >= 4 is 29.0 Å². The zero-order chi connectivity index (χ0) is 15.2. The van der Waals surface area contributed by atoms with Gasteiger partial charge in [-0.25, -0.2) is 0 Å². The second-order valence-electron chi connectivity index (χ2n) is 4.57. The summed E-state index contributed by atoms with van der Waals surface area (Å²) in [7, 11) is 0. The quantitative estimate of drug-likeness (QED) is 0.671. The van der Waals surface area contributed by atoms with Gasteiger partial charge < -0.3 is 11.1 Å². The lowest BCUT2D eigenvalue weighted by Crippen LogP contribution is -2.14. The van der Waals surface area contributed by atoms with Crippen LogP contribution >= 0.6 is 11.8 Å². The molecule has 4 nitrogen and oxygen atoms in total. The highest BCUT2D eigenvalue weighted by Crippen LogP contribution is 2.26. The van der Waals surface area contributed by atoms with Crippen molar-refractivity contribution in [2.24, 2.45) is 0 Å². The molecule has 0 aliphatic heterocycles. The Bertz CT molecular complexity index is 707. The van der Waals surface area contributed by atoms with Gasteiger partial charge in [0.15, 0.2) is 0 Å². The third-order valence-corrected chi connectivity index (χ3v) is 3.87. The Hall–Kier alpha value is -2.45. The monoisotopic (exact) mass is 297 g/mol. The molecule has 2 aromatic rings. The van der Waals surface area contributed by atoms with Crippen LogP contribution in [0.4, 0.5) is 11.4 Å². The van der Waals surface area contributed by atoms with E-state index in [1.54, 1.807) is 24.3 Å². The lowest BCUT2D eigenvalue weighted by atomic mass is 10.2. The van der Waals surface area contributed by atoms with Crippen LogP contribution in [0.1, 0.15) is 11.1 Å². The summed E-state index contributed by atoms with van der Waals surface area (Å²) < 4.78 is 0. The van der Waals surface area contributed by atoms with E-state index in [2.05, 4.69) is 5.32 Å². The predicted molar refractivity (Wildman–Crippen MR) is 86.1 cm³/mol. The summed E-state index contributed by atoms with van der Waals surface area (Å²) in [6.07, 6.45) is 0. The smallest absolute Gasteiger partial charge is 0.234 e. The van der Waals surface area contributed by atoms with E-state index in [0.717, 1.165) is 10.5 Å². The molecule has 0 aromatic heterocycles. The zero-order valence-corrected chi connectivity index (χ0v) is 12.4. The van der Waals surface area contributed by atoms with Gasteiger partial charge in [-0.1, -0.05) is 12.1 Å². The van der Waals surface area contributed by atoms with Crippen molar-refractivity contribution in [2.75, 3.05) is 16.8 Å². The second kappa shape index (κ2) is 6.82. The van der Waals surface area contributed by atoms with Gasteiger partial charge in [0.1, 0.15) is 0 Å². The van der Waals surface area contributed by atoms with Gasteiger partial charge in [-0.05, 0) is 42.8 Å². The average Bonchev–Trinajstić information content (AvgIpc) is 2.48. The number of anilines is 2. The highest BCUT2D eigenvalue weighted by atomic mass is 32.2. The zero-order valence-electron chi connectivity index (χ0n) is 11.6. The van der Waals surface area contributed by atoms with E-state index in [-0.39, 0.29) is 11.7 Å². The summed E-state index contributed by atoms with van der Waals surface area (Å²) in [6.45, 7) is 1.98. The van der Waals surface area contributed by atoms with E-state index < -0.39 is 0 Å². The Labute approximate surface area is 128 Å². The number of aryl methyl sites for hydroxylation is 1. The summed E-state index contributed by atoms with van der Waals surface area (Å²) in [4.78, 5) is 12.8. The highest BCUT2D eigenvalue weighted by molar-refractivity contribution is 8.00. The molecule has 21 heavy (non-hydrogen) atoms. The molecular weight excluding hydrogens is 282 g/mol. The molecule has 5 heteroatoms. The van der Waals surface area contributed by atoms with Gasteiger partial charge >= 0.3 is 0 Å². The van der Waals surface area contributed by atoms with Crippen LogP contribution in [0.25, 0.3) is 0 Å². The van der Waals surface area contributed by atoms with Gasteiger partial charge in [-0.3, -0.25) is 4.79 Å². The van der Waals surface area contributed by atoms with Crippen LogP contribution in [0.15, 0.2) is 47.4 Å². The van der Waals surface area contributed by atoms with Crippen LogP contribution in [0.3, 0.4) is 0 Å². The van der Waals surface area contributed by atoms with Gasteiger partial charge in [-0.15, -0.1) is 11.8 Å². The van der Waals surface area contributed by atoms with Crippen LogP contribution in [-0.4, -0.2) is 11.7 Å². The fraction of sp³-hybridized carbons (Fsp3) is 0.125. The number of nitrogens with zero attached hydrogens (tertiary/aromatic N) is 1. The van der Waals surface area contributed by atoms with E-state index in [4.69, 9.17) is 11.0 Å². The molecule has 0 saturated heterocycles. The number of nitrogen functional groups attached to an aromatic ring is 1. The molecule has 0 aliphatic rings. The number of nitriles is 1. The number of amides is 1. The van der Waals surface area contributed by atoms with Crippen LogP contribution in [0, 0.1) is 18.3 Å². The minimum absolute atomic E-state index is 0.129. The first-order chi connectivity index (χ1) is 10.1. The number of hydrogen-bond donors (Lipinski definition) is 2. The molecule has 0 unspecified atom stereocenters. The summed E-state index contributed by atoms with van der Waals surface area (Å²) in [5.74, 6) is 0.140. The topological polar surface area (TPSA) is 78.9 Å². The molecule has 2 aromatic carbocycles. The first-order valence-corrected chi connectivity index (χ1v) is 7.36. The number of benzene rings is 2. The van der Waals surface area contributed by atoms with Crippen molar-refractivity contribution in [3.05, 3.63) is 53.6 Å². The van der Waals surface area contributed by atoms with Crippen molar-refractivity contribution in [3.8, 4) is 6.07 Å². The van der Waals surface area contributed by atoms with Crippen molar-refractivity contribution in [2.45, 2.75) is 11.8 Å². The summed E-state index contributed by atoms with van der Waals surface area (Å²) >= 11 is 1.40. The number of rotatable bonds is 4. The van der Waals surface area contributed by atoms with Crippen LogP contribution in [-0.2, 0) is 4.79 Å². The molecule has 2 rings (SSSR count). The number of nitrogens with two attached hydrogens (primary N) is 1. The summed E-state index contributed by atoms with van der Waals surface area (Å²) in [5.41, 5.74) is 8.79. The van der Waals surface area contributed by atoms with Crippen molar-refractivity contribution in [1.29, 1.82) is 5.26 Å². The molecular formula is C16H15N3OS. The van der Waals surface area contributed by atoms with Crippen molar-refractivity contribution < 1.29 is 4.79 Å². The minimum atomic E-state index is -0.129. The van der Waals surface area contributed by atoms with Crippen LogP contribution in [0.2, 0.25) is 0 Å². The standard InChI is InChI=1S/C16H15N3OS/c1-11-5-6-14(18)15(7-11)21-10-16(20)19-13-4-2-3-12(8-13)9-17/h2-8H,10,18H2,1H3,(H,19,20). The largest absolute Gasteiger partial charge is 0.398 e. The molecule has 1 amide bonds. The number of hydrogen-bond acceptors (Lipinski definition) is 4. The normalized spacial score (nSPS) is 9.90. The lowest BCUT2D eigenvalue weighted by molar-refractivity contribution is -0.113. The Morgan fingerprint density at radius 3 is 2.90 bits per heavy atom. The Morgan fingerprint density at radius 2 is 2.14 bits per heavy atom. The first kappa shape index (κ1) is 14.9. The Balaban J connectivity index is 1.96. The molecule has 0 atom stereocenters. The third kappa shape index (κ3) is 4.26.